The first kappa shape index (κ1) is 49.4. The van der Waals surface area contributed by atoms with Gasteiger partial charge in [-0.2, -0.15) is 0 Å². The first-order chi connectivity index (χ1) is 19.5. The maximum atomic E-state index is 10.3. The summed E-state index contributed by atoms with van der Waals surface area (Å²) in [5.41, 5.74) is 0. The van der Waals surface area contributed by atoms with Crippen LogP contribution in [0.1, 0.15) is 206 Å². The molecule has 0 aliphatic carbocycles. The molecule has 0 aliphatic heterocycles. The Morgan fingerprint density at radius 2 is 0.619 bits per heavy atom. The first-order valence-corrected chi connectivity index (χ1v) is 17.6. The van der Waals surface area contributed by atoms with E-state index in [0.29, 0.717) is 12.8 Å². The minimum atomic E-state index is -0.664. The van der Waals surface area contributed by atoms with Gasteiger partial charge in [0.1, 0.15) is 0 Å². The van der Waals surface area contributed by atoms with E-state index in [1.54, 1.807) is 0 Å². The monoisotopic (exact) mass is 617 g/mol. The molecule has 2 N–H and O–H groups in total. The molecule has 0 spiro atoms. The molecule has 4 nitrogen and oxygen atoms in total. The van der Waals surface area contributed by atoms with Gasteiger partial charge in [0.2, 0.25) is 0 Å². The average molecular weight is 617 g/mol. The van der Waals surface area contributed by atoms with Crippen LogP contribution in [0.25, 0.3) is 0 Å². The number of rotatable bonds is 31. The molecule has 42 heavy (non-hydrogen) atoms. The fraction of sp³-hybridized carbons (Fsp3) is 0.889. The summed E-state index contributed by atoms with van der Waals surface area (Å²) in [6, 6.07) is 0. The summed E-state index contributed by atoms with van der Waals surface area (Å²) in [5.74, 6) is -1.32. The molecule has 0 aromatic rings. The quantitative estimate of drug-likeness (QED) is 0.0461. The summed E-state index contributed by atoms with van der Waals surface area (Å²) >= 11 is 0. The third-order valence-electron chi connectivity index (χ3n) is 7.65. The van der Waals surface area contributed by atoms with Crippen LogP contribution in [0.3, 0.4) is 0 Å². The van der Waals surface area contributed by atoms with Crippen molar-refractivity contribution in [3.8, 4) is 0 Å². The first-order valence-electron chi connectivity index (χ1n) is 17.6. The Bertz CT molecular complexity index is 542. The second-order valence-corrected chi connectivity index (χ2v) is 11.8. The van der Waals surface area contributed by atoms with Gasteiger partial charge in [-0.1, -0.05) is 167 Å². The predicted octanol–water partition coefficient (Wildman–Crippen LogP) is 10.9. The zero-order valence-corrected chi connectivity index (χ0v) is 27.1. The van der Waals surface area contributed by atoms with Crippen LogP contribution >= 0.6 is 0 Å². The van der Waals surface area contributed by atoms with Crippen LogP contribution in [0.15, 0.2) is 12.2 Å². The number of unbranched alkanes of at least 4 members (excludes halogenated alkanes) is 25. The van der Waals surface area contributed by atoms with E-state index in [1.165, 1.54) is 154 Å². The van der Waals surface area contributed by atoms with Crippen molar-refractivity contribution in [1.82, 2.24) is 0 Å². The van der Waals surface area contributed by atoms with E-state index in [0.717, 1.165) is 25.7 Å². The van der Waals surface area contributed by atoms with E-state index in [9.17, 15) is 9.59 Å². The zero-order valence-electron chi connectivity index (χ0n) is 27.1. The van der Waals surface area contributed by atoms with Gasteiger partial charge < -0.3 is 10.2 Å². The fourth-order valence-corrected chi connectivity index (χ4v) is 4.99. The molecule has 0 saturated carbocycles. The Morgan fingerprint density at radius 1 is 0.405 bits per heavy atom. The van der Waals surface area contributed by atoms with Crippen molar-refractivity contribution in [2.75, 3.05) is 0 Å². The van der Waals surface area contributed by atoms with Gasteiger partial charge in [0.05, 0.1) is 0 Å². The van der Waals surface area contributed by atoms with E-state index in [2.05, 4.69) is 26.0 Å². The van der Waals surface area contributed by atoms with Crippen molar-refractivity contribution in [2.24, 2.45) is 0 Å². The van der Waals surface area contributed by atoms with Crippen molar-refractivity contribution >= 4 is 68.5 Å². The van der Waals surface area contributed by atoms with Gasteiger partial charge in [-0.05, 0) is 38.5 Å². The van der Waals surface area contributed by atoms with Gasteiger partial charge in [0.25, 0.3) is 0 Å². The molecule has 0 atom stereocenters. The summed E-state index contributed by atoms with van der Waals surface area (Å²) in [7, 11) is 0. The van der Waals surface area contributed by atoms with Crippen molar-refractivity contribution in [1.29, 1.82) is 0 Å². The van der Waals surface area contributed by atoms with Crippen molar-refractivity contribution < 1.29 is 19.8 Å². The molecule has 0 fully saturated rings. The molecule has 0 heterocycles. The van der Waals surface area contributed by atoms with Crippen LogP contribution in [0, 0.1) is 0 Å². The molecule has 0 bridgehead atoms. The van der Waals surface area contributed by atoms with Crippen LogP contribution < -0.4 is 0 Å². The van der Waals surface area contributed by atoms with Gasteiger partial charge >= 0.3 is 68.5 Å². The molecular formula is C36H73CaLiO4. The molecule has 6 heteroatoms. The standard InChI is InChI=1S/C18H36O2.C18H34O2.Ca.Li.3H/c2*1-2-3-4-5-6-7-8-9-10-11-12-13-14-15-16-17-18(19)20;;;;;/h2-17H2,1H3,(H,19,20);9-10H,2-8,11-17H2,1H3,(H,19,20);;;;;. The van der Waals surface area contributed by atoms with E-state index >= 15 is 0 Å². The molecule has 0 rings (SSSR count). The molecule has 0 amide bonds. The number of hydrogen-bond donors (Lipinski definition) is 2. The summed E-state index contributed by atoms with van der Waals surface area (Å²) in [6.07, 6.45) is 41.4. The molecule has 0 aromatic heterocycles. The number of carbonyl (C=O) groups is 2. The van der Waals surface area contributed by atoms with Crippen LogP contribution in [0.2, 0.25) is 0 Å². The third kappa shape index (κ3) is 53.1. The SMILES string of the molecule is CCCCCCCCC=CCCCCCCCC(=O)O.CCCCCCCCCCCCCCCCCC(=O)O.[CaH2].[LiH]. The van der Waals surface area contributed by atoms with Crippen LogP contribution in [-0.2, 0) is 9.59 Å². The third-order valence-corrected chi connectivity index (χ3v) is 7.65. The van der Waals surface area contributed by atoms with Crippen LogP contribution in [0.4, 0.5) is 0 Å². The van der Waals surface area contributed by atoms with Crippen LogP contribution in [-0.4, -0.2) is 78.8 Å². The predicted molar refractivity (Wildman–Crippen MR) is 190 cm³/mol. The number of carboxylic acid groups (broad SMARTS) is 2. The van der Waals surface area contributed by atoms with Crippen molar-refractivity contribution in [3.63, 3.8) is 0 Å². The number of hydrogen-bond acceptors (Lipinski definition) is 2. The Kier molecular flexibility index (Phi) is 54.1. The number of aliphatic carboxylic acids is 2. The van der Waals surface area contributed by atoms with Crippen molar-refractivity contribution in [3.05, 3.63) is 12.2 Å². The zero-order chi connectivity index (χ0) is 29.8. The Hall–Kier alpha value is 0.537. The summed E-state index contributed by atoms with van der Waals surface area (Å²) in [4.78, 5) is 20.7. The van der Waals surface area contributed by atoms with Crippen molar-refractivity contribution in [2.45, 2.75) is 206 Å². The molecule has 244 valence electrons. The Balaban J connectivity index is -0.000000328. The second kappa shape index (κ2) is 46.0. The van der Waals surface area contributed by atoms with Crippen LogP contribution in [0.5, 0.6) is 0 Å². The normalized spacial score (nSPS) is 10.5. The molecule has 0 saturated heterocycles. The minimum absolute atomic E-state index is 0. The molecular weight excluding hydrogens is 543 g/mol. The summed E-state index contributed by atoms with van der Waals surface area (Å²) in [5, 5.41) is 17.0. The van der Waals surface area contributed by atoms with Gasteiger partial charge in [-0.25, -0.2) is 0 Å². The fourth-order valence-electron chi connectivity index (χ4n) is 4.99. The summed E-state index contributed by atoms with van der Waals surface area (Å²) < 4.78 is 0. The second-order valence-electron chi connectivity index (χ2n) is 11.8. The summed E-state index contributed by atoms with van der Waals surface area (Å²) in [6.45, 7) is 4.53. The van der Waals surface area contributed by atoms with E-state index in [1.807, 2.05) is 0 Å². The van der Waals surface area contributed by atoms with E-state index in [4.69, 9.17) is 10.2 Å². The Labute approximate surface area is 304 Å². The molecule has 0 radical (unpaired) electrons. The average Bonchev–Trinajstić information content (AvgIpc) is 2.93. The molecule has 0 unspecified atom stereocenters. The topological polar surface area (TPSA) is 74.6 Å². The number of allylic oxidation sites excluding steroid dienone is 2. The Morgan fingerprint density at radius 3 is 0.857 bits per heavy atom. The van der Waals surface area contributed by atoms with Gasteiger partial charge in [0, 0.05) is 12.8 Å². The number of carboxylic acids is 2. The van der Waals surface area contributed by atoms with Gasteiger partial charge in [0.15, 0.2) is 0 Å². The molecule has 0 aromatic carbocycles. The van der Waals surface area contributed by atoms with E-state index in [-0.39, 0.29) is 56.6 Å². The maximum absolute atomic E-state index is 10.3. The van der Waals surface area contributed by atoms with E-state index < -0.39 is 11.9 Å². The molecule has 0 aliphatic rings. The van der Waals surface area contributed by atoms with Gasteiger partial charge in [-0.15, -0.1) is 0 Å². The van der Waals surface area contributed by atoms with Gasteiger partial charge in [-0.3, -0.25) is 9.59 Å².